The first-order valence-electron chi connectivity index (χ1n) is 8.03. The van der Waals surface area contributed by atoms with Crippen LogP contribution >= 0.6 is 0 Å². The molecule has 1 aromatic heterocycles. The van der Waals surface area contributed by atoms with Crippen LogP contribution < -0.4 is 9.64 Å². The minimum Gasteiger partial charge on any atom is -0.497 e. The number of anilines is 1. The fraction of sp³-hybridized carbons (Fsp3) is 0.389. The van der Waals surface area contributed by atoms with Crippen LogP contribution in [0, 0.1) is 6.92 Å². The molecule has 6 heteroatoms. The fourth-order valence-corrected chi connectivity index (χ4v) is 3.09. The van der Waals surface area contributed by atoms with E-state index in [1.807, 2.05) is 42.2 Å². The van der Waals surface area contributed by atoms with Gasteiger partial charge in [0.2, 0.25) is 5.91 Å². The van der Waals surface area contributed by atoms with Crippen LogP contribution in [-0.2, 0) is 4.79 Å². The van der Waals surface area contributed by atoms with Crippen molar-refractivity contribution in [2.75, 3.05) is 31.6 Å². The zero-order valence-electron chi connectivity index (χ0n) is 14.3. The summed E-state index contributed by atoms with van der Waals surface area (Å²) in [7, 11) is 1.65. The van der Waals surface area contributed by atoms with Gasteiger partial charge in [0.25, 0.3) is 0 Å². The molecule has 3 rings (SSSR count). The maximum atomic E-state index is 12.1. The highest BCUT2D eigenvalue weighted by Crippen LogP contribution is 2.29. The molecule has 1 amide bonds. The number of hydrogen-bond donors (Lipinski definition) is 0. The second-order valence-corrected chi connectivity index (χ2v) is 5.96. The smallest absolute Gasteiger partial charge is 0.220 e. The summed E-state index contributed by atoms with van der Waals surface area (Å²) in [4.78, 5) is 24.7. The number of amides is 1. The third-order valence-electron chi connectivity index (χ3n) is 4.40. The van der Waals surface area contributed by atoms with Crippen LogP contribution in [-0.4, -0.2) is 47.5 Å². The second kappa shape index (κ2) is 6.86. The van der Waals surface area contributed by atoms with Gasteiger partial charge in [0, 0.05) is 38.3 Å². The van der Waals surface area contributed by atoms with Gasteiger partial charge in [0.15, 0.2) is 0 Å². The Morgan fingerprint density at radius 2 is 1.96 bits per heavy atom. The van der Waals surface area contributed by atoms with E-state index in [0.29, 0.717) is 13.1 Å². The molecule has 0 aliphatic carbocycles. The van der Waals surface area contributed by atoms with Crippen molar-refractivity contribution in [3.8, 4) is 5.75 Å². The number of carbonyl (C=O) groups excluding carboxylic acids is 1. The summed E-state index contributed by atoms with van der Waals surface area (Å²) in [6, 6.07) is 9.89. The first kappa shape index (κ1) is 16.2. The monoisotopic (exact) mass is 326 g/mol. The molecule has 1 aromatic carbocycles. The van der Waals surface area contributed by atoms with Crippen molar-refractivity contribution in [1.82, 2.24) is 14.9 Å². The summed E-state index contributed by atoms with van der Waals surface area (Å²) in [6.45, 7) is 5.74. The van der Waals surface area contributed by atoms with Crippen molar-refractivity contribution in [3.63, 3.8) is 0 Å². The van der Waals surface area contributed by atoms with Gasteiger partial charge in [-0.1, -0.05) is 12.1 Å². The average Bonchev–Trinajstić information content (AvgIpc) is 2.61. The number of piperazine rings is 1. The minimum atomic E-state index is -0.00238. The lowest BCUT2D eigenvalue weighted by atomic mass is 10.0. The molecule has 1 aliphatic rings. The zero-order chi connectivity index (χ0) is 17.1. The van der Waals surface area contributed by atoms with Gasteiger partial charge < -0.3 is 14.5 Å². The normalized spacial score (nSPS) is 17.7. The molecular formula is C18H22N4O2. The molecule has 0 saturated carbocycles. The highest BCUT2D eigenvalue weighted by Gasteiger charge is 2.30. The Bertz CT molecular complexity index is 717. The molecule has 0 N–H and O–H groups in total. The fourth-order valence-electron chi connectivity index (χ4n) is 3.09. The summed E-state index contributed by atoms with van der Waals surface area (Å²) in [6.07, 6.45) is 1.59. The van der Waals surface area contributed by atoms with Crippen molar-refractivity contribution >= 4 is 11.7 Å². The van der Waals surface area contributed by atoms with Gasteiger partial charge in [-0.15, -0.1) is 0 Å². The van der Waals surface area contributed by atoms with Crippen LogP contribution in [0.2, 0.25) is 0 Å². The van der Waals surface area contributed by atoms with Crippen molar-refractivity contribution in [3.05, 3.63) is 47.9 Å². The van der Waals surface area contributed by atoms with Crippen LogP contribution in [0.1, 0.15) is 24.2 Å². The third kappa shape index (κ3) is 3.32. The van der Waals surface area contributed by atoms with E-state index < -0.39 is 0 Å². The lowest BCUT2D eigenvalue weighted by Crippen LogP contribution is -2.50. The van der Waals surface area contributed by atoms with E-state index in [1.54, 1.807) is 20.4 Å². The second-order valence-electron chi connectivity index (χ2n) is 5.96. The molecule has 0 unspecified atom stereocenters. The molecule has 1 aliphatic heterocycles. The van der Waals surface area contributed by atoms with Crippen LogP contribution in [0.4, 0.5) is 5.82 Å². The molecule has 0 bridgehead atoms. The molecule has 24 heavy (non-hydrogen) atoms. The number of nitrogens with zero attached hydrogens (tertiary/aromatic N) is 4. The van der Waals surface area contributed by atoms with E-state index >= 15 is 0 Å². The molecule has 126 valence electrons. The number of benzene rings is 1. The van der Waals surface area contributed by atoms with Crippen molar-refractivity contribution < 1.29 is 9.53 Å². The summed E-state index contributed by atoms with van der Waals surface area (Å²) >= 11 is 0. The highest BCUT2D eigenvalue weighted by atomic mass is 16.5. The van der Waals surface area contributed by atoms with Gasteiger partial charge >= 0.3 is 0 Å². The van der Waals surface area contributed by atoms with Crippen molar-refractivity contribution in [1.29, 1.82) is 0 Å². The first-order chi connectivity index (χ1) is 11.6. The zero-order valence-corrected chi connectivity index (χ0v) is 14.3. The predicted octanol–water partition coefficient (Wildman–Crippen LogP) is 2.20. The molecule has 6 nitrogen and oxygen atoms in total. The van der Waals surface area contributed by atoms with Gasteiger partial charge in [-0.3, -0.25) is 4.79 Å². The molecule has 2 aromatic rings. The minimum absolute atomic E-state index is 0.00238. The van der Waals surface area contributed by atoms with E-state index in [-0.39, 0.29) is 11.9 Å². The van der Waals surface area contributed by atoms with Crippen LogP contribution in [0.15, 0.2) is 36.7 Å². The summed E-state index contributed by atoms with van der Waals surface area (Å²) in [5.41, 5.74) is 2.04. The van der Waals surface area contributed by atoms with Crippen LogP contribution in [0.5, 0.6) is 5.75 Å². The lowest BCUT2D eigenvalue weighted by molar-refractivity contribution is -0.131. The Hall–Kier alpha value is -2.63. The maximum absolute atomic E-state index is 12.1. The van der Waals surface area contributed by atoms with Gasteiger partial charge in [-0.05, 0) is 24.6 Å². The summed E-state index contributed by atoms with van der Waals surface area (Å²) in [5, 5.41) is 0. The van der Waals surface area contributed by atoms with Crippen LogP contribution in [0.25, 0.3) is 0 Å². The van der Waals surface area contributed by atoms with Crippen molar-refractivity contribution in [2.45, 2.75) is 19.9 Å². The number of aromatic nitrogens is 2. The molecule has 2 heterocycles. The first-order valence-corrected chi connectivity index (χ1v) is 8.03. The quantitative estimate of drug-likeness (QED) is 0.865. The van der Waals surface area contributed by atoms with Crippen molar-refractivity contribution in [2.24, 2.45) is 0 Å². The number of aryl methyl sites for hydroxylation is 1. The van der Waals surface area contributed by atoms with Gasteiger partial charge in [0.1, 0.15) is 17.9 Å². The van der Waals surface area contributed by atoms with E-state index in [2.05, 4.69) is 14.9 Å². The van der Waals surface area contributed by atoms with E-state index in [1.165, 1.54) is 0 Å². The number of rotatable bonds is 3. The molecule has 0 spiro atoms. The Morgan fingerprint density at radius 3 is 2.58 bits per heavy atom. The highest BCUT2D eigenvalue weighted by molar-refractivity contribution is 5.74. The molecule has 1 atom stereocenters. The standard InChI is InChI=1S/C18H22N4O2/c1-13-10-18(20-12-19-13)21-8-9-22(14(2)23)17(11-21)15-4-6-16(24-3)7-5-15/h4-7,10,12,17H,8-9,11H2,1-3H3/t17-/m0/s1. The number of carbonyl (C=O) groups is 1. The SMILES string of the molecule is COc1ccc([C@@H]2CN(c3cc(C)ncn3)CCN2C(C)=O)cc1. The Labute approximate surface area is 142 Å². The average molecular weight is 326 g/mol. The molecule has 1 saturated heterocycles. The molecule has 1 fully saturated rings. The number of ether oxygens (including phenoxy) is 1. The molecule has 0 radical (unpaired) electrons. The Kier molecular flexibility index (Phi) is 4.64. The molecular weight excluding hydrogens is 304 g/mol. The largest absolute Gasteiger partial charge is 0.497 e. The number of hydrogen-bond acceptors (Lipinski definition) is 5. The Morgan fingerprint density at radius 1 is 1.21 bits per heavy atom. The van der Waals surface area contributed by atoms with E-state index in [9.17, 15) is 4.79 Å². The number of methoxy groups -OCH3 is 1. The van der Waals surface area contributed by atoms with Gasteiger partial charge in [-0.25, -0.2) is 9.97 Å². The van der Waals surface area contributed by atoms with Gasteiger partial charge in [0.05, 0.1) is 13.2 Å². The topological polar surface area (TPSA) is 58.6 Å². The van der Waals surface area contributed by atoms with Gasteiger partial charge in [-0.2, -0.15) is 0 Å². The maximum Gasteiger partial charge on any atom is 0.220 e. The van der Waals surface area contributed by atoms with E-state index in [0.717, 1.165) is 29.4 Å². The Balaban J connectivity index is 1.88. The van der Waals surface area contributed by atoms with Crippen LogP contribution in [0.3, 0.4) is 0 Å². The third-order valence-corrected chi connectivity index (χ3v) is 4.40. The predicted molar refractivity (Wildman–Crippen MR) is 92.1 cm³/mol. The summed E-state index contributed by atoms with van der Waals surface area (Å²) < 4.78 is 5.23. The lowest BCUT2D eigenvalue weighted by Gasteiger charge is -2.41. The van der Waals surface area contributed by atoms with E-state index in [4.69, 9.17) is 4.74 Å². The summed E-state index contributed by atoms with van der Waals surface area (Å²) in [5.74, 6) is 1.81.